The van der Waals surface area contributed by atoms with Crippen molar-refractivity contribution in [3.63, 3.8) is 0 Å². The predicted molar refractivity (Wildman–Crippen MR) is 94.6 cm³/mol. The van der Waals surface area contributed by atoms with Crippen LogP contribution in [0.1, 0.15) is 33.6 Å². The van der Waals surface area contributed by atoms with Crippen LogP contribution in [0.4, 0.5) is 0 Å². The Hall–Kier alpha value is -0.530. The molecule has 0 aromatic carbocycles. The SMILES string of the molecule is CN=C(NCCNC(=O)C(C)C)N1CCC(C)CC1.I. The third-order valence-corrected chi connectivity index (χ3v) is 3.53. The summed E-state index contributed by atoms with van der Waals surface area (Å²) < 4.78 is 0. The summed E-state index contributed by atoms with van der Waals surface area (Å²) in [5.41, 5.74) is 0. The highest BCUT2D eigenvalue weighted by Crippen LogP contribution is 2.15. The minimum Gasteiger partial charge on any atom is -0.354 e. The summed E-state index contributed by atoms with van der Waals surface area (Å²) in [4.78, 5) is 18.0. The zero-order valence-electron chi connectivity index (χ0n) is 13.1. The van der Waals surface area contributed by atoms with Crippen molar-refractivity contribution in [2.45, 2.75) is 33.6 Å². The molecule has 0 atom stereocenters. The topological polar surface area (TPSA) is 56.7 Å². The summed E-state index contributed by atoms with van der Waals surface area (Å²) in [5, 5.41) is 6.21. The minimum absolute atomic E-state index is 0. The number of carbonyl (C=O) groups is 1. The quantitative estimate of drug-likeness (QED) is 0.329. The number of hydrogen-bond acceptors (Lipinski definition) is 2. The summed E-state index contributed by atoms with van der Waals surface area (Å²) in [6.07, 6.45) is 2.45. The second-order valence-corrected chi connectivity index (χ2v) is 5.59. The van der Waals surface area contributed by atoms with Gasteiger partial charge in [-0.1, -0.05) is 20.8 Å². The Labute approximate surface area is 140 Å². The van der Waals surface area contributed by atoms with Gasteiger partial charge in [-0.15, -0.1) is 24.0 Å². The number of nitrogens with zero attached hydrogens (tertiary/aromatic N) is 2. The van der Waals surface area contributed by atoms with Crippen LogP contribution in [0.2, 0.25) is 0 Å². The predicted octanol–water partition coefficient (Wildman–Crippen LogP) is 1.68. The number of nitrogens with one attached hydrogen (secondary N) is 2. The van der Waals surface area contributed by atoms with E-state index < -0.39 is 0 Å². The molecular weight excluding hydrogens is 367 g/mol. The maximum absolute atomic E-state index is 11.4. The first-order valence-corrected chi connectivity index (χ1v) is 7.28. The third kappa shape index (κ3) is 6.76. The molecule has 2 N–H and O–H groups in total. The van der Waals surface area contributed by atoms with Gasteiger partial charge in [0.2, 0.25) is 5.91 Å². The van der Waals surface area contributed by atoms with Gasteiger partial charge in [0, 0.05) is 39.1 Å². The second kappa shape index (κ2) is 10.2. The summed E-state index contributed by atoms with van der Waals surface area (Å²) in [7, 11) is 1.81. The zero-order chi connectivity index (χ0) is 14.3. The molecule has 0 saturated carbocycles. The number of rotatable bonds is 4. The van der Waals surface area contributed by atoms with Crippen LogP contribution in [0.15, 0.2) is 4.99 Å². The van der Waals surface area contributed by atoms with E-state index in [0.29, 0.717) is 6.54 Å². The molecule has 0 bridgehead atoms. The van der Waals surface area contributed by atoms with Crippen molar-refractivity contribution >= 4 is 35.8 Å². The smallest absolute Gasteiger partial charge is 0.222 e. The number of hydrogen-bond donors (Lipinski definition) is 2. The summed E-state index contributed by atoms with van der Waals surface area (Å²) >= 11 is 0. The zero-order valence-corrected chi connectivity index (χ0v) is 15.4. The van der Waals surface area contributed by atoms with Crippen molar-refractivity contribution in [3.05, 3.63) is 0 Å². The van der Waals surface area contributed by atoms with E-state index in [2.05, 4.69) is 27.4 Å². The Morgan fingerprint density at radius 2 is 1.80 bits per heavy atom. The van der Waals surface area contributed by atoms with Gasteiger partial charge in [0.25, 0.3) is 0 Å². The Balaban J connectivity index is 0.00000361. The molecule has 0 spiro atoms. The number of carbonyl (C=O) groups excluding carboxylic acids is 1. The minimum atomic E-state index is 0. The number of amides is 1. The highest BCUT2D eigenvalue weighted by Gasteiger charge is 2.18. The first-order valence-electron chi connectivity index (χ1n) is 7.28. The Kier molecular flexibility index (Phi) is 9.96. The molecule has 0 radical (unpaired) electrons. The first kappa shape index (κ1) is 19.5. The summed E-state index contributed by atoms with van der Waals surface area (Å²) in [6.45, 7) is 9.60. The van der Waals surface area contributed by atoms with Crippen molar-refractivity contribution in [1.29, 1.82) is 0 Å². The average molecular weight is 396 g/mol. The fourth-order valence-electron chi connectivity index (χ4n) is 2.12. The number of likely N-dealkylation sites (tertiary alicyclic amines) is 1. The van der Waals surface area contributed by atoms with Crippen molar-refractivity contribution in [3.8, 4) is 0 Å². The third-order valence-electron chi connectivity index (χ3n) is 3.53. The molecule has 0 aliphatic carbocycles. The average Bonchev–Trinajstić information content (AvgIpc) is 2.40. The maximum atomic E-state index is 11.4. The van der Waals surface area contributed by atoms with Crippen molar-refractivity contribution in [2.24, 2.45) is 16.8 Å². The van der Waals surface area contributed by atoms with Crippen molar-refractivity contribution < 1.29 is 4.79 Å². The van der Waals surface area contributed by atoms with Crippen LogP contribution in [0.5, 0.6) is 0 Å². The van der Waals surface area contributed by atoms with Crippen LogP contribution in [0.3, 0.4) is 0 Å². The van der Waals surface area contributed by atoms with E-state index in [4.69, 9.17) is 0 Å². The van der Waals surface area contributed by atoms with Gasteiger partial charge < -0.3 is 15.5 Å². The van der Waals surface area contributed by atoms with Gasteiger partial charge in [-0.25, -0.2) is 0 Å². The highest BCUT2D eigenvalue weighted by molar-refractivity contribution is 14.0. The lowest BCUT2D eigenvalue weighted by atomic mass is 10.00. The molecule has 1 amide bonds. The lowest BCUT2D eigenvalue weighted by molar-refractivity contribution is -0.123. The van der Waals surface area contributed by atoms with Gasteiger partial charge in [0.05, 0.1) is 0 Å². The number of aliphatic imine (C=N–C) groups is 1. The summed E-state index contributed by atoms with van der Waals surface area (Å²) in [5.74, 6) is 1.91. The Bertz CT molecular complexity index is 312. The van der Waals surface area contributed by atoms with Crippen LogP contribution >= 0.6 is 24.0 Å². The van der Waals surface area contributed by atoms with Gasteiger partial charge in [0.1, 0.15) is 0 Å². The fraction of sp³-hybridized carbons (Fsp3) is 0.857. The Morgan fingerprint density at radius 1 is 1.25 bits per heavy atom. The van der Waals surface area contributed by atoms with Crippen LogP contribution in [-0.2, 0) is 4.79 Å². The molecule has 0 aromatic heterocycles. The maximum Gasteiger partial charge on any atom is 0.222 e. The largest absolute Gasteiger partial charge is 0.354 e. The van der Waals surface area contributed by atoms with E-state index in [1.165, 1.54) is 12.8 Å². The molecule has 1 heterocycles. The first-order chi connectivity index (χ1) is 9.04. The van der Waals surface area contributed by atoms with Gasteiger partial charge in [0.15, 0.2) is 5.96 Å². The van der Waals surface area contributed by atoms with Gasteiger partial charge >= 0.3 is 0 Å². The molecule has 1 aliphatic heterocycles. The molecule has 0 aromatic rings. The Morgan fingerprint density at radius 3 is 2.30 bits per heavy atom. The van der Waals surface area contributed by atoms with E-state index in [0.717, 1.165) is 31.5 Å². The molecule has 6 heteroatoms. The van der Waals surface area contributed by atoms with E-state index >= 15 is 0 Å². The fourth-order valence-corrected chi connectivity index (χ4v) is 2.12. The number of piperidine rings is 1. The van der Waals surface area contributed by atoms with Crippen molar-refractivity contribution in [1.82, 2.24) is 15.5 Å². The van der Waals surface area contributed by atoms with Crippen molar-refractivity contribution in [2.75, 3.05) is 33.2 Å². The van der Waals surface area contributed by atoms with Gasteiger partial charge in [-0.2, -0.15) is 0 Å². The molecular formula is C14H29IN4O. The van der Waals surface area contributed by atoms with Crippen LogP contribution in [0, 0.1) is 11.8 Å². The lowest BCUT2D eigenvalue weighted by Gasteiger charge is -2.32. The summed E-state index contributed by atoms with van der Waals surface area (Å²) in [6, 6.07) is 0. The molecule has 1 saturated heterocycles. The molecule has 1 aliphatic rings. The van der Waals surface area contributed by atoms with E-state index in [-0.39, 0.29) is 35.8 Å². The monoisotopic (exact) mass is 396 g/mol. The van der Waals surface area contributed by atoms with E-state index in [1.54, 1.807) is 0 Å². The molecule has 5 nitrogen and oxygen atoms in total. The van der Waals surface area contributed by atoms with Crippen LogP contribution in [0.25, 0.3) is 0 Å². The van der Waals surface area contributed by atoms with E-state index in [1.807, 2.05) is 20.9 Å². The number of halogens is 1. The van der Waals surface area contributed by atoms with Crippen LogP contribution < -0.4 is 10.6 Å². The van der Waals surface area contributed by atoms with Gasteiger partial charge in [-0.3, -0.25) is 9.79 Å². The molecule has 118 valence electrons. The highest BCUT2D eigenvalue weighted by atomic mass is 127. The van der Waals surface area contributed by atoms with Gasteiger partial charge in [-0.05, 0) is 18.8 Å². The number of guanidine groups is 1. The van der Waals surface area contributed by atoms with E-state index in [9.17, 15) is 4.79 Å². The molecule has 20 heavy (non-hydrogen) atoms. The lowest BCUT2D eigenvalue weighted by Crippen LogP contribution is -2.47. The molecule has 1 rings (SSSR count). The second-order valence-electron chi connectivity index (χ2n) is 5.59. The standard InChI is InChI=1S/C14H28N4O.HI/c1-11(2)13(19)16-7-8-17-14(15-4)18-9-5-12(3)6-10-18;/h11-12H,5-10H2,1-4H3,(H,15,17)(H,16,19);1H. The molecule has 0 unspecified atom stereocenters. The normalized spacial score (nSPS) is 16.9. The van der Waals surface area contributed by atoms with Crippen LogP contribution in [-0.4, -0.2) is 50.0 Å². The molecule has 1 fully saturated rings.